The minimum absolute atomic E-state index is 0.836. The van der Waals surface area contributed by atoms with Crippen LogP contribution in [0.25, 0.3) is 0 Å². The van der Waals surface area contributed by atoms with E-state index in [1.54, 1.807) is 0 Å². The lowest BCUT2D eigenvalue weighted by Crippen LogP contribution is -2.39. The van der Waals surface area contributed by atoms with Crippen molar-refractivity contribution in [1.29, 1.82) is 0 Å². The van der Waals surface area contributed by atoms with Gasteiger partial charge < -0.3 is 5.32 Å². The Morgan fingerprint density at radius 3 is 2.05 bits per heavy atom. The zero-order valence-electron chi connectivity index (χ0n) is 13.1. The van der Waals surface area contributed by atoms with Crippen LogP contribution in [-0.2, 0) is 0 Å². The zero-order valence-corrected chi connectivity index (χ0v) is 13.1. The van der Waals surface area contributed by atoms with Crippen LogP contribution in [0.4, 0.5) is 0 Å². The van der Waals surface area contributed by atoms with Crippen LogP contribution in [0, 0.1) is 11.8 Å². The van der Waals surface area contributed by atoms with Crippen LogP contribution in [0.3, 0.4) is 0 Å². The Kier molecular flexibility index (Phi) is 7.27. The molecule has 19 heavy (non-hydrogen) atoms. The van der Waals surface area contributed by atoms with Crippen LogP contribution in [0.2, 0.25) is 0 Å². The molecule has 2 rings (SSSR count). The maximum Gasteiger partial charge on any atom is 0.00979 e. The van der Waals surface area contributed by atoms with Crippen LogP contribution in [-0.4, -0.2) is 12.6 Å². The minimum atomic E-state index is 0.836. The second kappa shape index (κ2) is 9.00. The molecule has 0 aliphatic heterocycles. The monoisotopic (exact) mass is 265 g/mol. The molecule has 0 aromatic carbocycles. The van der Waals surface area contributed by atoms with Gasteiger partial charge in [0.25, 0.3) is 0 Å². The van der Waals surface area contributed by atoms with Gasteiger partial charge in [-0.25, -0.2) is 0 Å². The molecule has 2 aliphatic carbocycles. The quantitative estimate of drug-likeness (QED) is 0.643. The molecule has 2 fully saturated rings. The Hall–Kier alpha value is -0.0400. The second-order valence-corrected chi connectivity index (χ2v) is 7.05. The largest absolute Gasteiger partial charge is 0.314 e. The van der Waals surface area contributed by atoms with E-state index < -0.39 is 0 Å². The average molecular weight is 265 g/mol. The summed E-state index contributed by atoms with van der Waals surface area (Å²) in [6, 6.07) is 0.836. The van der Waals surface area contributed by atoms with Crippen molar-refractivity contribution in [2.75, 3.05) is 6.54 Å². The molecule has 0 heterocycles. The third-order valence-corrected chi connectivity index (χ3v) is 5.44. The van der Waals surface area contributed by atoms with Crippen LogP contribution in [0.15, 0.2) is 0 Å². The van der Waals surface area contributed by atoms with Gasteiger partial charge in [-0.15, -0.1) is 0 Å². The number of rotatable bonds is 6. The molecule has 0 aromatic rings. The third kappa shape index (κ3) is 5.45. The van der Waals surface area contributed by atoms with E-state index in [0.717, 1.165) is 17.9 Å². The molecule has 1 nitrogen and oxygen atoms in total. The van der Waals surface area contributed by atoms with E-state index in [1.807, 2.05) is 0 Å². The molecule has 0 saturated heterocycles. The van der Waals surface area contributed by atoms with Crippen molar-refractivity contribution in [2.45, 2.75) is 96.4 Å². The van der Waals surface area contributed by atoms with Crippen molar-refractivity contribution in [2.24, 2.45) is 11.8 Å². The van der Waals surface area contributed by atoms with Crippen molar-refractivity contribution in [3.8, 4) is 0 Å². The molecule has 2 saturated carbocycles. The molecule has 1 N–H and O–H groups in total. The van der Waals surface area contributed by atoms with Crippen LogP contribution in [0.1, 0.15) is 90.4 Å². The summed E-state index contributed by atoms with van der Waals surface area (Å²) >= 11 is 0. The first kappa shape index (κ1) is 15.4. The lowest BCUT2D eigenvalue weighted by molar-refractivity contribution is 0.226. The summed E-state index contributed by atoms with van der Waals surface area (Å²) in [5.74, 6) is 2.02. The maximum absolute atomic E-state index is 3.91. The highest BCUT2D eigenvalue weighted by Crippen LogP contribution is 2.33. The highest BCUT2D eigenvalue weighted by atomic mass is 14.9. The van der Waals surface area contributed by atoms with Gasteiger partial charge in [-0.3, -0.25) is 0 Å². The van der Waals surface area contributed by atoms with Crippen LogP contribution < -0.4 is 5.32 Å². The van der Waals surface area contributed by atoms with Gasteiger partial charge in [-0.1, -0.05) is 64.7 Å². The van der Waals surface area contributed by atoms with Gasteiger partial charge in [-0.05, 0) is 44.1 Å². The SMILES string of the molecule is CCCNC(CC1CCCCCC1)C1CCCCC1. The van der Waals surface area contributed by atoms with Gasteiger partial charge in [0.05, 0.1) is 0 Å². The van der Waals surface area contributed by atoms with Gasteiger partial charge in [0.2, 0.25) is 0 Å². The fourth-order valence-corrected chi connectivity index (χ4v) is 4.27. The summed E-state index contributed by atoms with van der Waals surface area (Å²) in [5, 5.41) is 3.91. The maximum atomic E-state index is 3.91. The Labute approximate surface area is 120 Å². The number of nitrogens with one attached hydrogen (secondary N) is 1. The summed E-state index contributed by atoms with van der Waals surface area (Å²) in [5.41, 5.74) is 0. The molecule has 0 aromatic heterocycles. The third-order valence-electron chi connectivity index (χ3n) is 5.44. The fourth-order valence-electron chi connectivity index (χ4n) is 4.27. The van der Waals surface area contributed by atoms with E-state index in [4.69, 9.17) is 0 Å². The molecule has 1 atom stereocenters. The standard InChI is InChI=1S/C18H35N/c1-2-14-19-18(17-12-8-5-9-13-17)15-16-10-6-3-4-7-11-16/h16-19H,2-15H2,1H3. The molecule has 2 aliphatic rings. The van der Waals surface area contributed by atoms with Crippen molar-refractivity contribution >= 4 is 0 Å². The van der Waals surface area contributed by atoms with Crippen LogP contribution >= 0.6 is 0 Å². The summed E-state index contributed by atoms with van der Waals surface area (Å²) in [6.45, 7) is 3.53. The smallest absolute Gasteiger partial charge is 0.00979 e. The van der Waals surface area contributed by atoms with Crippen molar-refractivity contribution in [3.05, 3.63) is 0 Å². The van der Waals surface area contributed by atoms with Gasteiger partial charge in [0, 0.05) is 6.04 Å². The molecular weight excluding hydrogens is 230 g/mol. The molecule has 0 amide bonds. The van der Waals surface area contributed by atoms with Crippen LogP contribution in [0.5, 0.6) is 0 Å². The van der Waals surface area contributed by atoms with Crippen molar-refractivity contribution in [1.82, 2.24) is 5.32 Å². The van der Waals surface area contributed by atoms with Gasteiger partial charge in [-0.2, -0.15) is 0 Å². The van der Waals surface area contributed by atoms with Crippen molar-refractivity contribution in [3.63, 3.8) is 0 Å². The van der Waals surface area contributed by atoms with E-state index >= 15 is 0 Å². The first-order valence-electron chi connectivity index (χ1n) is 9.13. The second-order valence-electron chi connectivity index (χ2n) is 7.05. The Balaban J connectivity index is 1.83. The highest BCUT2D eigenvalue weighted by molar-refractivity contribution is 4.82. The van der Waals surface area contributed by atoms with E-state index in [1.165, 1.54) is 90.0 Å². The summed E-state index contributed by atoms with van der Waals surface area (Å²) in [7, 11) is 0. The number of hydrogen-bond donors (Lipinski definition) is 1. The molecule has 0 spiro atoms. The highest BCUT2D eigenvalue weighted by Gasteiger charge is 2.26. The summed E-state index contributed by atoms with van der Waals surface area (Å²) in [6.07, 6.45) is 19.2. The van der Waals surface area contributed by atoms with Gasteiger partial charge in [0.15, 0.2) is 0 Å². The Morgan fingerprint density at radius 1 is 0.842 bits per heavy atom. The zero-order chi connectivity index (χ0) is 13.3. The molecule has 112 valence electrons. The minimum Gasteiger partial charge on any atom is -0.314 e. The normalized spacial score (nSPS) is 25.1. The lowest BCUT2D eigenvalue weighted by atomic mass is 9.79. The summed E-state index contributed by atoms with van der Waals surface area (Å²) in [4.78, 5) is 0. The van der Waals surface area contributed by atoms with E-state index in [-0.39, 0.29) is 0 Å². The van der Waals surface area contributed by atoms with Crippen molar-refractivity contribution < 1.29 is 0 Å². The van der Waals surface area contributed by atoms with Gasteiger partial charge >= 0.3 is 0 Å². The predicted molar refractivity (Wildman–Crippen MR) is 84.5 cm³/mol. The average Bonchev–Trinajstić information content (AvgIpc) is 2.73. The lowest BCUT2D eigenvalue weighted by Gasteiger charge is -2.33. The Bertz CT molecular complexity index is 212. The summed E-state index contributed by atoms with van der Waals surface area (Å²) < 4.78 is 0. The van der Waals surface area contributed by atoms with E-state index in [9.17, 15) is 0 Å². The predicted octanol–water partition coefficient (Wildman–Crippen LogP) is 5.30. The van der Waals surface area contributed by atoms with E-state index in [2.05, 4.69) is 12.2 Å². The van der Waals surface area contributed by atoms with Gasteiger partial charge in [0.1, 0.15) is 0 Å². The molecular formula is C18H35N. The number of hydrogen-bond acceptors (Lipinski definition) is 1. The molecule has 0 radical (unpaired) electrons. The molecule has 1 unspecified atom stereocenters. The molecule has 1 heteroatoms. The topological polar surface area (TPSA) is 12.0 Å². The fraction of sp³-hybridized carbons (Fsp3) is 1.00. The first-order chi connectivity index (χ1) is 9.40. The first-order valence-corrected chi connectivity index (χ1v) is 9.13. The van der Waals surface area contributed by atoms with E-state index in [0.29, 0.717) is 0 Å². The molecule has 0 bridgehead atoms. The Morgan fingerprint density at radius 2 is 1.42 bits per heavy atom.